The van der Waals surface area contributed by atoms with Gasteiger partial charge in [0, 0.05) is 24.2 Å². The summed E-state index contributed by atoms with van der Waals surface area (Å²) in [5, 5.41) is 74.0. The van der Waals surface area contributed by atoms with Gasteiger partial charge in [0.1, 0.15) is 0 Å². The van der Waals surface area contributed by atoms with Crippen LogP contribution in [0.3, 0.4) is 0 Å². The van der Waals surface area contributed by atoms with Gasteiger partial charge in [0.15, 0.2) is 0 Å². The highest BCUT2D eigenvalue weighted by Crippen LogP contribution is 2.55. The predicted molar refractivity (Wildman–Crippen MR) is 304 cm³/mol. The highest BCUT2D eigenvalue weighted by Gasteiger charge is 2.56. The molecule has 6 rings (SSSR count). The molecule has 6 N–H and O–H groups in total. The monoisotopic (exact) mass is 1030 g/mol. The molecule has 0 aromatic heterocycles. The smallest absolute Gasteiger partial charge is 0.0634 e. The third-order valence-electron chi connectivity index (χ3n) is 22.6. The summed E-state index contributed by atoms with van der Waals surface area (Å²) >= 11 is 0. The van der Waals surface area contributed by atoms with Gasteiger partial charge in [-0.05, 0) is 271 Å². The Labute approximate surface area is 450 Å². The van der Waals surface area contributed by atoms with E-state index in [4.69, 9.17) is 0 Å². The molecule has 18 unspecified atom stereocenters. The van der Waals surface area contributed by atoms with Crippen LogP contribution in [0.5, 0.6) is 0 Å². The zero-order chi connectivity index (χ0) is 54.6. The van der Waals surface area contributed by atoms with Crippen LogP contribution >= 0.6 is 0 Å². The molecule has 0 aromatic rings. The highest BCUT2D eigenvalue weighted by molar-refractivity contribution is 5.08. The molecular weight excluding hydrogens is 905 g/mol. The molecule has 6 fully saturated rings. The second kappa shape index (κ2) is 23.8. The van der Waals surface area contributed by atoms with Crippen LogP contribution < -0.4 is 0 Å². The largest absolute Gasteiger partial charge is 0.390 e. The molecule has 6 aliphatic rings. The Bertz CT molecular complexity index is 1520. The number of hydrogen-bond acceptors (Lipinski definition) is 8. The minimum absolute atomic E-state index is 0.124. The van der Waals surface area contributed by atoms with Gasteiger partial charge in [-0.15, -0.1) is 0 Å². The molecule has 18 atom stereocenters. The molecule has 428 valence electrons. The summed E-state index contributed by atoms with van der Waals surface area (Å²) in [6, 6.07) is 0.542. The quantitative estimate of drug-likeness (QED) is 0.0801. The molecule has 0 radical (unpaired) electrons. The molecule has 8 nitrogen and oxygen atoms in total. The average Bonchev–Trinajstić information content (AvgIpc) is 3.23. The van der Waals surface area contributed by atoms with E-state index < -0.39 is 33.6 Å². The van der Waals surface area contributed by atoms with Gasteiger partial charge in [0.2, 0.25) is 0 Å². The average molecular weight is 1030 g/mol. The SMILES string of the molecule is CC(C)C1CCC(C)(O)CC1C(C1CC(C)(O)CCC1C(C)C)N(CCCN(C1CC(C)(O)CCC1C(C)C)C(C1CC(C)(O)CCC1C(C)C)C1CC(C)(O)CCC1C(C)C)C1CC(C)(O)CCC1C(C)C. The van der Waals surface area contributed by atoms with Gasteiger partial charge in [-0.2, -0.15) is 0 Å². The minimum Gasteiger partial charge on any atom is -0.390 e. The molecule has 0 spiro atoms. The van der Waals surface area contributed by atoms with E-state index in [0.717, 1.165) is 135 Å². The van der Waals surface area contributed by atoms with E-state index >= 15 is 0 Å². The summed E-state index contributed by atoms with van der Waals surface area (Å²) in [5.74, 6) is 6.17. The first kappa shape index (κ1) is 61.9. The molecule has 0 aromatic carbocycles. The topological polar surface area (TPSA) is 128 Å². The summed E-state index contributed by atoms with van der Waals surface area (Å²) in [7, 11) is 0. The molecule has 6 saturated carbocycles. The second-order valence-electron chi connectivity index (χ2n) is 31.5. The highest BCUT2D eigenvalue weighted by atomic mass is 16.3. The zero-order valence-corrected chi connectivity index (χ0v) is 51.0. The van der Waals surface area contributed by atoms with Crippen LogP contribution in [0, 0.1) is 94.7 Å². The molecule has 0 heterocycles. The summed E-state index contributed by atoms with van der Waals surface area (Å²) < 4.78 is 0. The van der Waals surface area contributed by atoms with Crippen molar-refractivity contribution in [1.29, 1.82) is 0 Å². The fraction of sp³-hybridized carbons (Fsp3) is 1.00. The summed E-state index contributed by atoms with van der Waals surface area (Å²) in [5.41, 5.74) is -4.64. The molecule has 0 amide bonds. The third-order valence-corrected chi connectivity index (χ3v) is 22.6. The van der Waals surface area contributed by atoms with Crippen molar-refractivity contribution >= 4 is 0 Å². The van der Waals surface area contributed by atoms with Crippen LogP contribution in [-0.4, -0.2) is 111 Å². The van der Waals surface area contributed by atoms with Gasteiger partial charge in [0.25, 0.3) is 0 Å². The van der Waals surface area contributed by atoms with E-state index in [9.17, 15) is 30.6 Å². The lowest BCUT2D eigenvalue weighted by Crippen LogP contribution is -2.64. The number of hydrogen-bond donors (Lipinski definition) is 6. The van der Waals surface area contributed by atoms with E-state index in [2.05, 4.69) is 134 Å². The van der Waals surface area contributed by atoms with Crippen LogP contribution in [-0.2, 0) is 0 Å². The Morgan fingerprint density at radius 1 is 0.301 bits per heavy atom. The first-order valence-corrected chi connectivity index (χ1v) is 31.4. The molecule has 8 heteroatoms. The van der Waals surface area contributed by atoms with Crippen molar-refractivity contribution in [1.82, 2.24) is 9.80 Å². The molecule has 73 heavy (non-hydrogen) atoms. The van der Waals surface area contributed by atoms with Crippen molar-refractivity contribution in [2.45, 2.75) is 304 Å². The van der Waals surface area contributed by atoms with Crippen LogP contribution in [0.2, 0.25) is 0 Å². The van der Waals surface area contributed by atoms with E-state index in [1.165, 1.54) is 0 Å². The lowest BCUT2D eigenvalue weighted by Gasteiger charge is -2.59. The van der Waals surface area contributed by atoms with Crippen molar-refractivity contribution < 1.29 is 30.6 Å². The molecular formula is C65H122N2O6. The normalized spacial score (nSPS) is 45.4. The maximum absolute atomic E-state index is 12.4. The van der Waals surface area contributed by atoms with E-state index in [1.54, 1.807) is 0 Å². The first-order valence-electron chi connectivity index (χ1n) is 31.4. The Morgan fingerprint density at radius 3 is 0.699 bits per heavy atom. The maximum Gasteiger partial charge on any atom is 0.0634 e. The maximum atomic E-state index is 12.4. The van der Waals surface area contributed by atoms with Gasteiger partial charge in [-0.3, -0.25) is 9.80 Å². The Morgan fingerprint density at radius 2 is 0.493 bits per heavy atom. The van der Waals surface area contributed by atoms with E-state index in [-0.39, 0.29) is 47.8 Å². The predicted octanol–water partition coefficient (Wildman–Crippen LogP) is 13.2. The molecule has 0 saturated heterocycles. The van der Waals surface area contributed by atoms with Gasteiger partial charge < -0.3 is 30.6 Å². The van der Waals surface area contributed by atoms with E-state index in [1.807, 2.05) is 0 Å². The van der Waals surface area contributed by atoms with E-state index in [0.29, 0.717) is 71.0 Å². The van der Waals surface area contributed by atoms with Crippen molar-refractivity contribution in [3.05, 3.63) is 0 Å². The Hall–Kier alpha value is -0.320. The standard InChI is InChI=1S/C65H122N2O6/c1-40(2)46-20-26-60(13,68)34-52(46)58(53-35-61(14,69)27-21-47(53)41(3)4)66(56-38-64(17,72)30-24-50(56)44(9)10)32-19-33-67(57-39-65(18,73)31-25-51(57)45(11)12)59(54-36-62(15,70)28-22-48(54)42(5)6)55-37-63(16,71)29-23-49(55)43(7)8/h40-59,68-73H,19-39H2,1-18H3. The summed E-state index contributed by atoms with van der Waals surface area (Å²) in [4.78, 5) is 5.99. The van der Waals surface area contributed by atoms with Crippen LogP contribution in [0.1, 0.15) is 247 Å². The number of aliphatic hydroxyl groups is 6. The fourth-order valence-corrected chi connectivity index (χ4v) is 18.8. The van der Waals surface area contributed by atoms with Gasteiger partial charge in [0.05, 0.1) is 33.6 Å². The van der Waals surface area contributed by atoms with Crippen LogP contribution in [0.25, 0.3) is 0 Å². The summed E-state index contributed by atoms with van der Waals surface area (Å²) in [6.07, 6.45) is 16.3. The van der Waals surface area contributed by atoms with Crippen molar-refractivity contribution in [2.24, 2.45) is 94.7 Å². The van der Waals surface area contributed by atoms with Gasteiger partial charge >= 0.3 is 0 Å². The van der Waals surface area contributed by atoms with Crippen LogP contribution in [0.15, 0.2) is 0 Å². The van der Waals surface area contributed by atoms with Crippen molar-refractivity contribution in [2.75, 3.05) is 13.1 Å². The fourth-order valence-electron chi connectivity index (χ4n) is 18.8. The van der Waals surface area contributed by atoms with Gasteiger partial charge in [-0.1, -0.05) is 83.1 Å². The molecule has 0 bridgehead atoms. The summed E-state index contributed by atoms with van der Waals surface area (Å²) in [6.45, 7) is 43.3. The Kier molecular flexibility index (Phi) is 20.2. The number of rotatable bonds is 18. The molecule has 6 aliphatic carbocycles. The van der Waals surface area contributed by atoms with Crippen molar-refractivity contribution in [3.8, 4) is 0 Å². The van der Waals surface area contributed by atoms with Crippen LogP contribution in [0.4, 0.5) is 0 Å². The first-order chi connectivity index (χ1) is 33.6. The second-order valence-corrected chi connectivity index (χ2v) is 31.5. The van der Waals surface area contributed by atoms with Crippen molar-refractivity contribution in [3.63, 3.8) is 0 Å². The van der Waals surface area contributed by atoms with Gasteiger partial charge in [-0.25, -0.2) is 0 Å². The zero-order valence-electron chi connectivity index (χ0n) is 51.0. The number of nitrogens with zero attached hydrogens (tertiary/aromatic N) is 2. The lowest BCUT2D eigenvalue weighted by atomic mass is 9.57. The molecule has 0 aliphatic heterocycles. The third kappa shape index (κ3) is 15.1. The Balaban J connectivity index is 1.59. The lowest BCUT2D eigenvalue weighted by molar-refractivity contribution is -0.140. The minimum atomic E-state index is -0.785.